The van der Waals surface area contributed by atoms with E-state index < -0.39 is 0 Å². The van der Waals surface area contributed by atoms with Gasteiger partial charge in [0, 0.05) is 26.1 Å². The summed E-state index contributed by atoms with van der Waals surface area (Å²) in [6.45, 7) is 3.15. The third-order valence-corrected chi connectivity index (χ3v) is 3.09. The van der Waals surface area contributed by atoms with Gasteiger partial charge in [0.15, 0.2) is 0 Å². The summed E-state index contributed by atoms with van der Waals surface area (Å²) in [5, 5.41) is 0. The molecule has 0 unspecified atom stereocenters. The number of benzene rings is 1. The van der Waals surface area contributed by atoms with Gasteiger partial charge in [-0.1, -0.05) is 36.5 Å². The summed E-state index contributed by atoms with van der Waals surface area (Å²) in [6.07, 6.45) is 1.98. The van der Waals surface area contributed by atoms with E-state index in [1.54, 1.807) is 0 Å². The van der Waals surface area contributed by atoms with Gasteiger partial charge >= 0.3 is 0 Å². The Morgan fingerprint density at radius 2 is 2.07 bits per heavy atom. The molecule has 80 valence electrons. The molecule has 2 nitrogen and oxygen atoms in total. The van der Waals surface area contributed by atoms with Gasteiger partial charge in [0.2, 0.25) is 0 Å². The van der Waals surface area contributed by atoms with Gasteiger partial charge in [-0.2, -0.15) is 0 Å². The maximum Gasteiger partial charge on any atom is 0.0740 e. The fourth-order valence-corrected chi connectivity index (χ4v) is 2.10. The van der Waals surface area contributed by atoms with Crippen molar-refractivity contribution in [3.05, 3.63) is 35.4 Å². The largest absolute Gasteiger partial charge is 0.393 e. The Labute approximate surface area is 96.1 Å². The molecule has 0 fully saturated rings. The van der Waals surface area contributed by atoms with E-state index >= 15 is 0 Å². The van der Waals surface area contributed by atoms with Gasteiger partial charge in [-0.3, -0.25) is 4.90 Å². The van der Waals surface area contributed by atoms with Crippen LogP contribution in [0.5, 0.6) is 0 Å². The molecule has 0 atom stereocenters. The minimum Gasteiger partial charge on any atom is -0.393 e. The predicted molar refractivity (Wildman–Crippen MR) is 66.8 cm³/mol. The van der Waals surface area contributed by atoms with Crippen LogP contribution in [-0.4, -0.2) is 23.0 Å². The minimum atomic E-state index is 0.619. The molecule has 0 bridgehead atoms. The van der Waals surface area contributed by atoms with Crippen molar-refractivity contribution < 1.29 is 0 Å². The highest BCUT2D eigenvalue weighted by atomic mass is 32.1. The summed E-state index contributed by atoms with van der Waals surface area (Å²) in [6, 6.07) is 8.65. The average Bonchev–Trinajstić information content (AvgIpc) is 2.26. The molecule has 3 heteroatoms. The van der Waals surface area contributed by atoms with Crippen LogP contribution in [0.15, 0.2) is 24.3 Å². The number of fused-ring (bicyclic) bond motifs is 1. The van der Waals surface area contributed by atoms with Crippen molar-refractivity contribution in [1.29, 1.82) is 0 Å². The minimum absolute atomic E-state index is 0.619. The summed E-state index contributed by atoms with van der Waals surface area (Å²) >= 11 is 4.89. The molecule has 1 aliphatic rings. The van der Waals surface area contributed by atoms with Crippen LogP contribution in [-0.2, 0) is 13.0 Å². The van der Waals surface area contributed by atoms with Crippen LogP contribution >= 0.6 is 12.2 Å². The van der Waals surface area contributed by atoms with E-state index in [9.17, 15) is 0 Å². The van der Waals surface area contributed by atoms with Gasteiger partial charge in [-0.15, -0.1) is 0 Å². The normalized spacial score (nSPS) is 16.0. The fraction of sp³-hybridized carbons (Fsp3) is 0.417. The first-order chi connectivity index (χ1) is 7.25. The van der Waals surface area contributed by atoms with Crippen LogP contribution in [0.1, 0.15) is 17.5 Å². The third kappa shape index (κ3) is 2.76. The first-order valence-corrected chi connectivity index (χ1v) is 5.74. The quantitative estimate of drug-likeness (QED) is 0.787. The van der Waals surface area contributed by atoms with E-state index in [-0.39, 0.29) is 0 Å². The van der Waals surface area contributed by atoms with Crippen molar-refractivity contribution in [2.75, 3.05) is 13.1 Å². The maximum atomic E-state index is 5.51. The van der Waals surface area contributed by atoms with Crippen LogP contribution in [0.3, 0.4) is 0 Å². The summed E-state index contributed by atoms with van der Waals surface area (Å²) in [5.41, 5.74) is 8.45. The second-order valence-electron chi connectivity index (χ2n) is 4.01. The molecule has 0 aliphatic carbocycles. The summed E-state index contributed by atoms with van der Waals surface area (Å²) in [5.74, 6) is 0. The molecule has 0 amide bonds. The maximum absolute atomic E-state index is 5.51. The topological polar surface area (TPSA) is 29.3 Å². The molecule has 1 aromatic rings. The molecule has 0 aromatic heterocycles. The van der Waals surface area contributed by atoms with E-state index in [4.69, 9.17) is 18.0 Å². The lowest BCUT2D eigenvalue weighted by Crippen LogP contribution is -2.32. The highest BCUT2D eigenvalue weighted by Crippen LogP contribution is 2.18. The molecule has 2 rings (SSSR count). The molecular formula is C12H16N2S. The summed E-state index contributed by atoms with van der Waals surface area (Å²) in [7, 11) is 0. The Morgan fingerprint density at radius 1 is 1.33 bits per heavy atom. The number of hydrogen-bond acceptors (Lipinski definition) is 2. The zero-order valence-electron chi connectivity index (χ0n) is 8.78. The number of nitrogens with zero attached hydrogens (tertiary/aromatic N) is 1. The fourth-order valence-electron chi connectivity index (χ4n) is 2.01. The Kier molecular flexibility index (Phi) is 3.34. The van der Waals surface area contributed by atoms with Gasteiger partial charge in [0.25, 0.3) is 0 Å². The van der Waals surface area contributed by atoms with Crippen LogP contribution in [0.4, 0.5) is 0 Å². The van der Waals surface area contributed by atoms with E-state index in [0.29, 0.717) is 4.99 Å². The first kappa shape index (κ1) is 10.6. The van der Waals surface area contributed by atoms with Crippen LogP contribution in [0, 0.1) is 0 Å². The summed E-state index contributed by atoms with van der Waals surface area (Å²) in [4.78, 5) is 3.04. The van der Waals surface area contributed by atoms with E-state index in [1.165, 1.54) is 11.1 Å². The monoisotopic (exact) mass is 220 g/mol. The van der Waals surface area contributed by atoms with Crippen molar-refractivity contribution >= 4 is 17.2 Å². The van der Waals surface area contributed by atoms with Crippen molar-refractivity contribution in [3.63, 3.8) is 0 Å². The lowest BCUT2D eigenvalue weighted by molar-refractivity contribution is 0.262. The Balaban J connectivity index is 1.96. The molecular weight excluding hydrogens is 204 g/mol. The van der Waals surface area contributed by atoms with Gasteiger partial charge in [0.05, 0.1) is 4.99 Å². The van der Waals surface area contributed by atoms with E-state index in [0.717, 1.165) is 32.5 Å². The lowest BCUT2D eigenvalue weighted by atomic mass is 10.00. The van der Waals surface area contributed by atoms with Crippen molar-refractivity contribution in [3.8, 4) is 0 Å². The average molecular weight is 220 g/mol. The van der Waals surface area contributed by atoms with Gasteiger partial charge < -0.3 is 5.73 Å². The van der Waals surface area contributed by atoms with Crippen LogP contribution < -0.4 is 5.73 Å². The second kappa shape index (κ2) is 4.73. The lowest BCUT2D eigenvalue weighted by Gasteiger charge is -2.28. The highest BCUT2D eigenvalue weighted by Gasteiger charge is 2.14. The molecule has 1 aromatic carbocycles. The van der Waals surface area contributed by atoms with Gasteiger partial charge in [-0.25, -0.2) is 0 Å². The zero-order valence-corrected chi connectivity index (χ0v) is 9.59. The molecule has 1 aliphatic heterocycles. The summed E-state index contributed by atoms with van der Waals surface area (Å²) < 4.78 is 0. The number of nitrogens with two attached hydrogens (primary N) is 1. The van der Waals surface area contributed by atoms with Crippen LogP contribution in [0.25, 0.3) is 0 Å². The second-order valence-corrected chi connectivity index (χ2v) is 4.54. The standard InChI is InChI=1S/C12H16N2S/c13-12(15)6-8-14-7-5-10-3-1-2-4-11(10)9-14/h1-4H,5-9H2,(H2,13,15). The Hall–Kier alpha value is -0.930. The number of thiocarbonyl (C=S) groups is 1. The number of hydrogen-bond donors (Lipinski definition) is 1. The molecule has 15 heavy (non-hydrogen) atoms. The Bertz CT molecular complexity index is 362. The van der Waals surface area contributed by atoms with Gasteiger partial charge in [-0.05, 0) is 17.5 Å². The molecule has 2 N–H and O–H groups in total. The van der Waals surface area contributed by atoms with Crippen molar-refractivity contribution in [1.82, 2.24) is 4.90 Å². The zero-order chi connectivity index (χ0) is 10.7. The number of rotatable bonds is 3. The molecule has 0 spiro atoms. The van der Waals surface area contributed by atoms with Crippen molar-refractivity contribution in [2.24, 2.45) is 5.73 Å². The highest BCUT2D eigenvalue weighted by molar-refractivity contribution is 7.80. The first-order valence-electron chi connectivity index (χ1n) is 5.33. The molecule has 0 radical (unpaired) electrons. The molecule has 0 saturated carbocycles. The van der Waals surface area contributed by atoms with E-state index in [1.807, 2.05) is 0 Å². The SMILES string of the molecule is NC(=S)CCN1CCc2ccccc2C1. The molecule has 0 saturated heterocycles. The smallest absolute Gasteiger partial charge is 0.0740 e. The Morgan fingerprint density at radius 3 is 2.80 bits per heavy atom. The van der Waals surface area contributed by atoms with Gasteiger partial charge in [0.1, 0.15) is 0 Å². The molecule has 1 heterocycles. The predicted octanol–water partition coefficient (Wildman–Crippen LogP) is 1.72. The third-order valence-electron chi connectivity index (χ3n) is 2.88. The van der Waals surface area contributed by atoms with E-state index in [2.05, 4.69) is 29.2 Å². The van der Waals surface area contributed by atoms with Crippen molar-refractivity contribution in [2.45, 2.75) is 19.4 Å². The van der Waals surface area contributed by atoms with Crippen LogP contribution in [0.2, 0.25) is 0 Å².